The maximum Gasteiger partial charge on any atom is 0.257 e. The van der Waals surface area contributed by atoms with Crippen LogP contribution in [0.25, 0.3) is 0 Å². The highest BCUT2D eigenvalue weighted by atomic mass is 32.2. The van der Waals surface area contributed by atoms with Gasteiger partial charge in [0.15, 0.2) is 6.61 Å². The van der Waals surface area contributed by atoms with Gasteiger partial charge in [-0.1, -0.05) is 6.07 Å². The highest BCUT2D eigenvalue weighted by Crippen LogP contribution is 2.18. The van der Waals surface area contributed by atoms with E-state index in [0.29, 0.717) is 44.4 Å². The van der Waals surface area contributed by atoms with Crippen molar-refractivity contribution in [1.82, 2.24) is 5.32 Å². The van der Waals surface area contributed by atoms with Gasteiger partial charge in [0.2, 0.25) is 10.0 Å². The van der Waals surface area contributed by atoms with E-state index in [4.69, 9.17) is 18.9 Å². The van der Waals surface area contributed by atoms with Crippen molar-refractivity contribution >= 4 is 21.6 Å². The number of likely N-dealkylation sites (N-methyl/N-ethyl adjacent to an activating group) is 1. The molecule has 1 rings (SSSR count). The minimum Gasteiger partial charge on any atom is -0.484 e. The summed E-state index contributed by atoms with van der Waals surface area (Å²) in [5.41, 5.74) is 0.353. The quantitative estimate of drug-likeness (QED) is 0.412. The van der Waals surface area contributed by atoms with E-state index < -0.39 is 10.0 Å². The molecule has 2 N–H and O–H groups in total. The molecule has 0 saturated carbocycles. The Morgan fingerprint density at radius 3 is 2.48 bits per heavy atom. The Bertz CT molecular complexity index is 652. The molecular formula is C17H28N2O7S. The Morgan fingerprint density at radius 2 is 1.78 bits per heavy atom. The van der Waals surface area contributed by atoms with Gasteiger partial charge in [-0.2, -0.15) is 0 Å². The Hall–Kier alpha value is -1.88. The summed E-state index contributed by atoms with van der Waals surface area (Å²) in [7, 11) is -1.98. The number of hydrogen-bond donors (Lipinski definition) is 2. The normalized spacial score (nSPS) is 11.2. The van der Waals surface area contributed by atoms with Crippen LogP contribution in [0.1, 0.15) is 6.92 Å². The number of methoxy groups -OCH3 is 1. The molecule has 0 unspecified atom stereocenters. The third-order valence-corrected chi connectivity index (χ3v) is 4.40. The zero-order valence-electron chi connectivity index (χ0n) is 15.7. The van der Waals surface area contributed by atoms with E-state index in [9.17, 15) is 13.2 Å². The molecule has 0 radical (unpaired) electrons. The molecule has 0 bridgehead atoms. The first-order valence-electron chi connectivity index (χ1n) is 8.61. The third-order valence-electron chi connectivity index (χ3n) is 3.15. The molecule has 27 heavy (non-hydrogen) atoms. The fourth-order valence-electron chi connectivity index (χ4n) is 1.91. The fourth-order valence-corrected chi connectivity index (χ4v) is 2.84. The van der Waals surface area contributed by atoms with Crippen LogP contribution in [0.2, 0.25) is 0 Å². The molecule has 0 fully saturated rings. The first-order valence-corrected chi connectivity index (χ1v) is 10.3. The molecule has 0 aliphatic heterocycles. The van der Waals surface area contributed by atoms with E-state index in [-0.39, 0.29) is 24.9 Å². The zero-order chi connectivity index (χ0) is 20.0. The Balaban J connectivity index is 2.34. The number of carbonyl (C=O) groups is 1. The third kappa shape index (κ3) is 11.4. The van der Waals surface area contributed by atoms with Crippen LogP contribution in [0.3, 0.4) is 0 Å². The lowest BCUT2D eigenvalue weighted by Gasteiger charge is -2.11. The SMILES string of the molecule is CCNC(=O)COc1cccc(NS(=O)(=O)CCOCCOCCOC)c1. The predicted molar refractivity (Wildman–Crippen MR) is 102 cm³/mol. The summed E-state index contributed by atoms with van der Waals surface area (Å²) in [5, 5.41) is 2.61. The summed E-state index contributed by atoms with van der Waals surface area (Å²) >= 11 is 0. The monoisotopic (exact) mass is 404 g/mol. The van der Waals surface area contributed by atoms with Crippen molar-refractivity contribution in [3.63, 3.8) is 0 Å². The minimum absolute atomic E-state index is 0.0519. The molecule has 9 nitrogen and oxygen atoms in total. The molecule has 1 amide bonds. The molecule has 0 atom stereocenters. The first-order chi connectivity index (χ1) is 13.0. The van der Waals surface area contributed by atoms with Crippen molar-refractivity contribution in [3.8, 4) is 5.75 Å². The Kier molecular flexibility index (Phi) is 11.4. The molecule has 0 aliphatic carbocycles. The van der Waals surface area contributed by atoms with Gasteiger partial charge in [0.25, 0.3) is 5.91 Å². The van der Waals surface area contributed by atoms with E-state index in [2.05, 4.69) is 10.0 Å². The summed E-state index contributed by atoms with van der Waals surface area (Å²) in [5.74, 6) is -0.0348. The van der Waals surface area contributed by atoms with Crippen LogP contribution in [-0.4, -0.2) is 73.4 Å². The highest BCUT2D eigenvalue weighted by molar-refractivity contribution is 7.92. The highest BCUT2D eigenvalue weighted by Gasteiger charge is 2.11. The number of rotatable bonds is 15. The summed E-state index contributed by atoms with van der Waals surface area (Å²) in [4.78, 5) is 11.4. The van der Waals surface area contributed by atoms with Crippen molar-refractivity contribution < 1.29 is 32.2 Å². The van der Waals surface area contributed by atoms with Gasteiger partial charge in [-0.15, -0.1) is 0 Å². The molecule has 1 aromatic carbocycles. The second-order valence-electron chi connectivity index (χ2n) is 5.41. The van der Waals surface area contributed by atoms with Crippen LogP contribution in [0.4, 0.5) is 5.69 Å². The first kappa shape index (κ1) is 23.2. The molecule has 0 heterocycles. The second-order valence-corrected chi connectivity index (χ2v) is 7.25. The maximum absolute atomic E-state index is 12.1. The number of ether oxygens (including phenoxy) is 4. The number of sulfonamides is 1. The van der Waals surface area contributed by atoms with E-state index >= 15 is 0 Å². The van der Waals surface area contributed by atoms with Gasteiger partial charge >= 0.3 is 0 Å². The molecule has 10 heteroatoms. The Morgan fingerprint density at radius 1 is 1.07 bits per heavy atom. The molecule has 1 aromatic rings. The van der Waals surface area contributed by atoms with Gasteiger partial charge in [-0.25, -0.2) is 8.42 Å². The minimum atomic E-state index is -3.56. The number of carbonyl (C=O) groups excluding carboxylic acids is 1. The molecule has 0 spiro atoms. The summed E-state index contributed by atoms with van der Waals surface area (Å²) in [6.45, 7) is 3.91. The smallest absolute Gasteiger partial charge is 0.257 e. The summed E-state index contributed by atoms with van der Waals surface area (Å²) in [6, 6.07) is 6.39. The van der Waals surface area contributed by atoms with Gasteiger partial charge in [0.05, 0.1) is 44.5 Å². The van der Waals surface area contributed by atoms with Crippen LogP contribution >= 0.6 is 0 Å². The van der Waals surface area contributed by atoms with Crippen LogP contribution in [0, 0.1) is 0 Å². The lowest BCUT2D eigenvalue weighted by molar-refractivity contribution is -0.122. The van der Waals surface area contributed by atoms with Crippen molar-refractivity contribution in [2.24, 2.45) is 0 Å². The van der Waals surface area contributed by atoms with Crippen LogP contribution in [-0.2, 0) is 29.0 Å². The summed E-state index contributed by atoms with van der Waals surface area (Å²) in [6.07, 6.45) is 0. The van der Waals surface area contributed by atoms with Crippen LogP contribution < -0.4 is 14.8 Å². The van der Waals surface area contributed by atoms with Gasteiger partial charge in [-0.3, -0.25) is 9.52 Å². The zero-order valence-corrected chi connectivity index (χ0v) is 16.5. The maximum atomic E-state index is 12.1. The number of nitrogens with one attached hydrogen (secondary N) is 2. The molecule has 0 aliphatic rings. The molecule has 0 saturated heterocycles. The number of hydrogen-bond acceptors (Lipinski definition) is 7. The second kappa shape index (κ2) is 13.3. The van der Waals surface area contributed by atoms with E-state index in [1.807, 2.05) is 6.92 Å². The lowest BCUT2D eigenvalue weighted by Crippen LogP contribution is -2.28. The van der Waals surface area contributed by atoms with E-state index in [0.717, 1.165) is 0 Å². The van der Waals surface area contributed by atoms with Crippen molar-refractivity contribution in [3.05, 3.63) is 24.3 Å². The van der Waals surface area contributed by atoms with Gasteiger partial charge in [-0.05, 0) is 19.1 Å². The van der Waals surface area contributed by atoms with E-state index in [1.165, 1.54) is 6.07 Å². The van der Waals surface area contributed by atoms with Crippen molar-refractivity contribution in [2.75, 3.05) is 63.8 Å². The average molecular weight is 404 g/mol. The van der Waals surface area contributed by atoms with Gasteiger partial charge < -0.3 is 24.3 Å². The van der Waals surface area contributed by atoms with Crippen LogP contribution in [0.15, 0.2) is 24.3 Å². The van der Waals surface area contributed by atoms with Crippen LogP contribution in [0.5, 0.6) is 5.75 Å². The number of anilines is 1. The number of amides is 1. The van der Waals surface area contributed by atoms with Gasteiger partial charge in [0.1, 0.15) is 5.75 Å². The molecular weight excluding hydrogens is 376 g/mol. The van der Waals surface area contributed by atoms with Gasteiger partial charge in [0, 0.05) is 19.7 Å². The molecule has 0 aromatic heterocycles. The Labute approximate surface area is 160 Å². The standard InChI is InChI=1S/C17H28N2O7S/c1-3-18-17(20)14-26-16-6-4-5-15(13-16)19-27(21,22)12-11-25-10-9-24-8-7-23-2/h4-6,13,19H,3,7-12,14H2,1-2H3,(H,18,20). The molecule has 154 valence electrons. The summed E-state index contributed by atoms with van der Waals surface area (Å²) < 4.78 is 47.3. The topological polar surface area (TPSA) is 112 Å². The predicted octanol–water partition coefficient (Wildman–Crippen LogP) is 0.623. The lowest BCUT2D eigenvalue weighted by atomic mass is 10.3. The van der Waals surface area contributed by atoms with Crippen molar-refractivity contribution in [2.45, 2.75) is 6.92 Å². The number of benzene rings is 1. The van der Waals surface area contributed by atoms with Crippen molar-refractivity contribution in [1.29, 1.82) is 0 Å². The average Bonchev–Trinajstić information content (AvgIpc) is 2.62. The fraction of sp³-hybridized carbons (Fsp3) is 0.588. The largest absolute Gasteiger partial charge is 0.484 e. The van der Waals surface area contributed by atoms with E-state index in [1.54, 1.807) is 25.3 Å².